The lowest BCUT2D eigenvalue weighted by atomic mass is 9.97. The van der Waals surface area contributed by atoms with Gasteiger partial charge in [-0.15, -0.1) is 0 Å². The molecule has 0 fully saturated rings. The Balaban J connectivity index is 2.28. The Hall–Kier alpha value is -1.71. The van der Waals surface area contributed by atoms with Crippen LogP contribution in [0.3, 0.4) is 0 Å². The van der Waals surface area contributed by atoms with Crippen LogP contribution in [0.5, 0.6) is 5.75 Å². The van der Waals surface area contributed by atoms with Crippen LogP contribution in [0.15, 0.2) is 37.6 Å². The smallest absolute Gasteiger partial charge is 0.197 e. The average Bonchev–Trinajstić information content (AvgIpc) is 3.01. The summed E-state index contributed by atoms with van der Waals surface area (Å²) in [5.74, 6) is -0.732. The van der Waals surface area contributed by atoms with E-state index in [9.17, 15) is 25.2 Å². The van der Waals surface area contributed by atoms with Crippen LogP contribution >= 0.6 is 31.9 Å². The van der Waals surface area contributed by atoms with Crippen molar-refractivity contribution in [3.8, 4) is 5.75 Å². The van der Waals surface area contributed by atoms with Crippen molar-refractivity contribution in [2.75, 3.05) is 6.61 Å². The van der Waals surface area contributed by atoms with E-state index in [1.165, 1.54) is 12.1 Å². The first-order valence-electron chi connectivity index (χ1n) is 7.96. The molecule has 0 aliphatic rings. The van der Waals surface area contributed by atoms with E-state index in [-0.39, 0.29) is 33.6 Å². The van der Waals surface area contributed by atoms with Gasteiger partial charge in [0, 0.05) is 25.5 Å². The van der Waals surface area contributed by atoms with Crippen molar-refractivity contribution in [3.05, 3.63) is 61.2 Å². The molecule has 0 spiro atoms. The molecule has 1 unspecified atom stereocenters. The highest BCUT2D eigenvalue weighted by atomic mass is 79.9. The number of carbonyl (C=O) groups excluding carboxylic acids is 1. The highest BCUT2D eigenvalue weighted by Gasteiger charge is 2.27. The second-order valence-corrected chi connectivity index (χ2v) is 7.78. The molecule has 27 heavy (non-hydrogen) atoms. The van der Waals surface area contributed by atoms with Crippen LogP contribution < -0.4 is 0 Å². The summed E-state index contributed by atoms with van der Waals surface area (Å²) in [5.41, 5.74) is 1.74. The fourth-order valence-corrected chi connectivity index (χ4v) is 3.98. The molecular formula is C19H16Br2O6. The largest absolute Gasteiger partial charge is 0.508 e. The molecule has 0 saturated heterocycles. The fourth-order valence-electron chi connectivity index (χ4n) is 2.79. The zero-order valence-corrected chi connectivity index (χ0v) is 17.3. The molecule has 1 atom stereocenters. The molecule has 3 rings (SSSR count). The molecule has 1 heterocycles. The predicted molar refractivity (Wildman–Crippen MR) is 106 cm³/mol. The van der Waals surface area contributed by atoms with Crippen LogP contribution in [-0.4, -0.2) is 32.8 Å². The van der Waals surface area contributed by atoms with Gasteiger partial charge in [0.15, 0.2) is 5.78 Å². The summed E-state index contributed by atoms with van der Waals surface area (Å²) < 4.78 is 7.05. The molecule has 6 nitrogen and oxygen atoms in total. The first-order chi connectivity index (χ1) is 12.8. The van der Waals surface area contributed by atoms with Crippen LogP contribution in [0.2, 0.25) is 0 Å². The minimum Gasteiger partial charge on any atom is -0.508 e. The number of aromatic hydroxyl groups is 1. The van der Waals surface area contributed by atoms with Crippen LogP contribution in [0.25, 0.3) is 11.0 Å². The third-order valence-electron chi connectivity index (χ3n) is 4.33. The topological polar surface area (TPSA) is 111 Å². The van der Waals surface area contributed by atoms with Crippen LogP contribution in [-0.2, 0) is 6.61 Å². The zero-order valence-electron chi connectivity index (χ0n) is 14.2. The molecule has 0 aliphatic heterocycles. The summed E-state index contributed by atoms with van der Waals surface area (Å²) >= 11 is 6.81. The van der Waals surface area contributed by atoms with Crippen molar-refractivity contribution in [1.82, 2.24) is 0 Å². The second kappa shape index (κ2) is 7.73. The van der Waals surface area contributed by atoms with Gasteiger partial charge in [-0.1, -0.05) is 31.9 Å². The highest BCUT2D eigenvalue weighted by molar-refractivity contribution is 9.11. The van der Waals surface area contributed by atoms with E-state index >= 15 is 0 Å². The van der Waals surface area contributed by atoms with Crippen molar-refractivity contribution in [3.63, 3.8) is 0 Å². The molecule has 8 heteroatoms. The molecule has 0 aliphatic carbocycles. The number of hydrogen-bond donors (Lipinski definition) is 4. The summed E-state index contributed by atoms with van der Waals surface area (Å²) in [4.78, 5) is 13.2. The van der Waals surface area contributed by atoms with Gasteiger partial charge in [0.2, 0.25) is 0 Å². The summed E-state index contributed by atoms with van der Waals surface area (Å²) in [6, 6.07) is 6.01. The number of halogens is 2. The second-order valence-electron chi connectivity index (χ2n) is 6.07. The Kier molecular flexibility index (Phi) is 5.73. The molecule has 0 bridgehead atoms. The van der Waals surface area contributed by atoms with Crippen LogP contribution in [0.4, 0.5) is 0 Å². The maximum atomic E-state index is 13.2. The Morgan fingerprint density at radius 2 is 1.78 bits per heavy atom. The normalized spacial score (nSPS) is 12.5. The molecule has 3 aromatic rings. The van der Waals surface area contributed by atoms with E-state index in [1.54, 1.807) is 12.1 Å². The number of aliphatic hydroxyl groups is 3. The number of fused-ring (bicyclic) bond motifs is 1. The third kappa shape index (κ3) is 3.55. The molecular weight excluding hydrogens is 484 g/mol. The van der Waals surface area contributed by atoms with Gasteiger partial charge >= 0.3 is 0 Å². The van der Waals surface area contributed by atoms with E-state index in [1.807, 2.05) is 6.92 Å². The fraction of sp³-hybridized carbons (Fsp3) is 0.211. The van der Waals surface area contributed by atoms with Gasteiger partial charge < -0.3 is 24.8 Å². The van der Waals surface area contributed by atoms with Gasteiger partial charge in [-0.05, 0) is 36.8 Å². The standard InChI is InChI=1S/C19H16Br2O6/c1-8-12(20)2-9(3-13(8)21)18(26)17-11-5-14(24)10(6-22)4-16(11)27-19(17)15(25)7-23/h2-5,15,22-25H,6-7H2,1H3. The average molecular weight is 500 g/mol. The summed E-state index contributed by atoms with van der Waals surface area (Å²) in [7, 11) is 0. The number of benzene rings is 2. The van der Waals surface area contributed by atoms with E-state index in [4.69, 9.17) is 4.42 Å². The highest BCUT2D eigenvalue weighted by Crippen LogP contribution is 2.37. The number of rotatable bonds is 5. The van der Waals surface area contributed by atoms with Crippen molar-refractivity contribution in [2.24, 2.45) is 0 Å². The Bertz CT molecular complexity index is 1020. The van der Waals surface area contributed by atoms with Crippen molar-refractivity contribution < 1.29 is 29.6 Å². The minimum atomic E-state index is -1.41. The number of hydrogen-bond acceptors (Lipinski definition) is 6. The summed E-state index contributed by atoms with van der Waals surface area (Å²) in [5, 5.41) is 39.1. The molecule has 2 aromatic carbocycles. The number of aliphatic hydroxyl groups excluding tert-OH is 3. The lowest BCUT2D eigenvalue weighted by Crippen LogP contribution is -2.09. The van der Waals surface area contributed by atoms with Crippen LogP contribution in [0.1, 0.15) is 38.9 Å². The van der Waals surface area contributed by atoms with E-state index in [2.05, 4.69) is 31.9 Å². The number of ketones is 1. The van der Waals surface area contributed by atoms with Crippen LogP contribution in [0, 0.1) is 6.92 Å². The van der Waals surface area contributed by atoms with Gasteiger partial charge in [-0.25, -0.2) is 0 Å². The number of furan rings is 1. The lowest BCUT2D eigenvalue weighted by molar-refractivity contribution is 0.0768. The lowest BCUT2D eigenvalue weighted by Gasteiger charge is -2.09. The van der Waals surface area contributed by atoms with Gasteiger partial charge in [0.25, 0.3) is 0 Å². The Morgan fingerprint density at radius 3 is 2.33 bits per heavy atom. The zero-order chi connectivity index (χ0) is 19.9. The Morgan fingerprint density at radius 1 is 1.15 bits per heavy atom. The van der Waals surface area contributed by atoms with E-state index < -0.39 is 25.1 Å². The van der Waals surface area contributed by atoms with Gasteiger partial charge in [0.05, 0.1) is 18.8 Å². The molecule has 1 aromatic heterocycles. The van der Waals surface area contributed by atoms with E-state index in [0.717, 1.165) is 14.5 Å². The third-order valence-corrected chi connectivity index (χ3v) is 5.98. The first-order valence-corrected chi connectivity index (χ1v) is 9.55. The quantitative estimate of drug-likeness (QED) is 0.398. The monoisotopic (exact) mass is 498 g/mol. The van der Waals surface area contributed by atoms with Crippen molar-refractivity contribution in [2.45, 2.75) is 19.6 Å². The first kappa shape index (κ1) is 20.0. The molecule has 4 N–H and O–H groups in total. The molecule has 0 radical (unpaired) electrons. The molecule has 142 valence electrons. The number of phenols is 1. The SMILES string of the molecule is Cc1c(Br)cc(C(=O)c2c(C(O)CO)oc3cc(CO)c(O)cc23)cc1Br. The Labute approximate surface area is 171 Å². The number of carbonyl (C=O) groups is 1. The minimum absolute atomic E-state index is 0.0500. The van der Waals surface area contributed by atoms with Gasteiger partial charge in [-0.2, -0.15) is 0 Å². The van der Waals surface area contributed by atoms with Gasteiger partial charge in [-0.3, -0.25) is 4.79 Å². The maximum absolute atomic E-state index is 13.2. The van der Waals surface area contributed by atoms with Crippen molar-refractivity contribution >= 4 is 48.6 Å². The summed E-state index contributed by atoms with van der Waals surface area (Å²) in [6.45, 7) is 0.826. The van der Waals surface area contributed by atoms with Gasteiger partial charge in [0.1, 0.15) is 23.2 Å². The predicted octanol–water partition coefficient (Wildman–Crippen LogP) is 3.72. The molecule has 0 saturated carbocycles. The van der Waals surface area contributed by atoms with E-state index in [0.29, 0.717) is 5.56 Å². The summed E-state index contributed by atoms with van der Waals surface area (Å²) in [6.07, 6.45) is -1.41. The van der Waals surface area contributed by atoms with Crippen molar-refractivity contribution in [1.29, 1.82) is 0 Å². The molecule has 0 amide bonds. The maximum Gasteiger partial charge on any atom is 0.197 e.